The summed E-state index contributed by atoms with van der Waals surface area (Å²) in [6.07, 6.45) is 4.21. The third-order valence-corrected chi connectivity index (χ3v) is 4.92. The molecule has 0 radical (unpaired) electrons. The Balaban J connectivity index is 1.59. The molecule has 0 aromatic carbocycles. The number of ether oxygens (including phenoxy) is 1. The molecule has 1 N–H and O–H groups in total. The van der Waals surface area contributed by atoms with Crippen molar-refractivity contribution in [2.75, 3.05) is 13.2 Å². The predicted octanol–water partition coefficient (Wildman–Crippen LogP) is 3.40. The van der Waals surface area contributed by atoms with E-state index in [1.54, 1.807) is 17.6 Å². The van der Waals surface area contributed by atoms with E-state index in [1.807, 2.05) is 12.1 Å². The molecule has 0 bridgehead atoms. The van der Waals surface area contributed by atoms with Gasteiger partial charge in [-0.3, -0.25) is 0 Å². The lowest BCUT2D eigenvalue weighted by Crippen LogP contribution is -2.42. The number of rotatable bonds is 6. The highest BCUT2D eigenvalue weighted by Crippen LogP contribution is 2.17. The van der Waals surface area contributed by atoms with E-state index in [4.69, 9.17) is 21.4 Å². The van der Waals surface area contributed by atoms with Crippen LogP contribution in [0.5, 0.6) is 0 Å². The molecule has 1 atom stereocenters. The second-order valence-electron chi connectivity index (χ2n) is 5.33. The van der Waals surface area contributed by atoms with E-state index in [0.29, 0.717) is 6.54 Å². The second-order valence-corrected chi connectivity index (χ2v) is 6.75. The summed E-state index contributed by atoms with van der Waals surface area (Å²) in [4.78, 5) is 3.50. The maximum Gasteiger partial charge on any atom is 0.169 e. The molecule has 1 aliphatic heterocycles. The summed E-state index contributed by atoms with van der Waals surface area (Å²) in [7, 11) is 0. The van der Waals surface area contributed by atoms with E-state index < -0.39 is 0 Å². The molecule has 1 aliphatic rings. The molecular weight excluding hydrogens is 316 g/mol. The van der Waals surface area contributed by atoms with Crippen LogP contribution in [0.4, 0.5) is 0 Å². The van der Waals surface area contributed by atoms with E-state index in [1.165, 1.54) is 4.88 Å². The van der Waals surface area contributed by atoms with Gasteiger partial charge in [-0.25, -0.2) is 0 Å². The van der Waals surface area contributed by atoms with Crippen LogP contribution in [-0.2, 0) is 17.8 Å². The van der Waals surface area contributed by atoms with Crippen LogP contribution in [0.1, 0.15) is 23.5 Å². The molecule has 118 valence electrons. The van der Waals surface area contributed by atoms with Crippen molar-refractivity contribution in [3.8, 4) is 0 Å². The number of hydrogen-bond acceptors (Lipinski definition) is 4. The highest BCUT2D eigenvalue weighted by atomic mass is 32.1. The minimum absolute atomic E-state index is 0.281. The number of thiophene rings is 1. The average molecular weight is 336 g/mol. The number of nitrogens with zero attached hydrogens (tertiary/aromatic N) is 1. The van der Waals surface area contributed by atoms with Crippen molar-refractivity contribution in [1.29, 1.82) is 0 Å². The molecule has 6 heteroatoms. The highest BCUT2D eigenvalue weighted by Gasteiger charge is 2.21. The molecule has 3 heterocycles. The first kappa shape index (κ1) is 15.5. The number of furan rings is 1. The molecule has 0 spiro atoms. The van der Waals surface area contributed by atoms with Crippen LogP contribution >= 0.6 is 23.6 Å². The Bertz CT molecular complexity index is 563. The van der Waals surface area contributed by atoms with Crippen molar-refractivity contribution >= 4 is 28.7 Å². The Kier molecular flexibility index (Phi) is 5.48. The lowest BCUT2D eigenvalue weighted by molar-refractivity contribution is 0.0899. The third-order valence-electron chi connectivity index (χ3n) is 3.66. The zero-order chi connectivity index (χ0) is 15.2. The first-order valence-electron chi connectivity index (χ1n) is 7.50. The SMILES string of the molecule is S=C(NCc1ccco1)N(Cc1cccs1)C[C@H]1CCCO1. The van der Waals surface area contributed by atoms with Gasteiger partial charge in [0.25, 0.3) is 0 Å². The summed E-state index contributed by atoms with van der Waals surface area (Å²) in [6.45, 7) is 3.13. The maximum atomic E-state index is 5.76. The van der Waals surface area contributed by atoms with Crippen molar-refractivity contribution in [2.45, 2.75) is 32.0 Å². The minimum atomic E-state index is 0.281. The minimum Gasteiger partial charge on any atom is -0.467 e. The molecule has 2 aromatic heterocycles. The van der Waals surface area contributed by atoms with Crippen LogP contribution in [0, 0.1) is 0 Å². The quantitative estimate of drug-likeness (QED) is 0.819. The first-order chi connectivity index (χ1) is 10.8. The van der Waals surface area contributed by atoms with Crippen molar-refractivity contribution in [2.24, 2.45) is 0 Å². The summed E-state index contributed by atoms with van der Waals surface area (Å²) >= 11 is 7.33. The summed E-state index contributed by atoms with van der Waals surface area (Å²) < 4.78 is 11.1. The fraction of sp³-hybridized carbons (Fsp3) is 0.438. The van der Waals surface area contributed by atoms with Crippen molar-refractivity contribution < 1.29 is 9.15 Å². The van der Waals surface area contributed by atoms with E-state index in [2.05, 4.69) is 27.7 Å². The zero-order valence-electron chi connectivity index (χ0n) is 12.4. The zero-order valence-corrected chi connectivity index (χ0v) is 14.0. The Hall–Kier alpha value is -1.37. The van der Waals surface area contributed by atoms with Crippen molar-refractivity contribution in [3.05, 3.63) is 46.5 Å². The Morgan fingerprint density at radius 3 is 3.05 bits per heavy atom. The van der Waals surface area contributed by atoms with Crippen molar-refractivity contribution in [1.82, 2.24) is 10.2 Å². The third kappa shape index (κ3) is 4.32. The molecule has 1 saturated heterocycles. The Labute approximate surface area is 140 Å². The van der Waals surface area contributed by atoms with Gasteiger partial charge in [-0.1, -0.05) is 6.07 Å². The van der Waals surface area contributed by atoms with Gasteiger partial charge in [0.1, 0.15) is 5.76 Å². The lowest BCUT2D eigenvalue weighted by Gasteiger charge is -2.27. The van der Waals surface area contributed by atoms with Gasteiger partial charge in [-0.15, -0.1) is 11.3 Å². The molecule has 0 aliphatic carbocycles. The first-order valence-corrected chi connectivity index (χ1v) is 8.79. The van der Waals surface area contributed by atoms with Gasteiger partial charge in [0, 0.05) is 18.0 Å². The monoisotopic (exact) mass is 336 g/mol. The molecular formula is C16H20N2O2S2. The van der Waals surface area contributed by atoms with E-state index in [-0.39, 0.29) is 6.10 Å². The van der Waals surface area contributed by atoms with Gasteiger partial charge in [0.2, 0.25) is 0 Å². The van der Waals surface area contributed by atoms with Crippen LogP contribution in [-0.4, -0.2) is 29.3 Å². The Morgan fingerprint density at radius 1 is 1.41 bits per heavy atom. The predicted molar refractivity (Wildman–Crippen MR) is 91.8 cm³/mol. The molecule has 2 aromatic rings. The second kappa shape index (κ2) is 7.76. The van der Waals surface area contributed by atoms with Crippen LogP contribution in [0.25, 0.3) is 0 Å². The summed E-state index contributed by atoms with van der Waals surface area (Å²) in [6, 6.07) is 8.04. The lowest BCUT2D eigenvalue weighted by atomic mass is 10.2. The molecule has 1 fully saturated rings. The van der Waals surface area contributed by atoms with Gasteiger partial charge < -0.3 is 19.4 Å². The highest BCUT2D eigenvalue weighted by molar-refractivity contribution is 7.80. The molecule has 4 nitrogen and oxygen atoms in total. The van der Waals surface area contributed by atoms with Gasteiger partial charge in [-0.2, -0.15) is 0 Å². The van der Waals surface area contributed by atoms with Gasteiger partial charge in [0.05, 0.1) is 25.5 Å². The fourth-order valence-corrected chi connectivity index (χ4v) is 3.46. The summed E-state index contributed by atoms with van der Waals surface area (Å²) in [5.74, 6) is 0.885. The fourth-order valence-electron chi connectivity index (χ4n) is 2.53. The smallest absolute Gasteiger partial charge is 0.169 e. The maximum absolute atomic E-state index is 5.76. The normalized spacial score (nSPS) is 17.5. The standard InChI is InChI=1S/C16H20N2O2S2/c21-16(17-10-13-4-1-7-19-13)18(11-14-5-2-8-20-14)12-15-6-3-9-22-15/h1,3-4,6-7,9,14H,2,5,8,10-12H2,(H,17,21)/t14-/m1/s1. The van der Waals surface area contributed by atoms with E-state index in [9.17, 15) is 0 Å². The van der Waals surface area contributed by atoms with E-state index >= 15 is 0 Å². The topological polar surface area (TPSA) is 37.6 Å². The average Bonchev–Trinajstić information content (AvgIpc) is 3.27. The summed E-state index contributed by atoms with van der Waals surface area (Å²) in [5.41, 5.74) is 0. The molecule has 0 unspecified atom stereocenters. The van der Waals surface area contributed by atoms with Gasteiger partial charge >= 0.3 is 0 Å². The number of thiocarbonyl (C=S) groups is 1. The number of hydrogen-bond donors (Lipinski definition) is 1. The molecule has 22 heavy (non-hydrogen) atoms. The van der Waals surface area contributed by atoms with Crippen LogP contribution in [0.2, 0.25) is 0 Å². The number of nitrogens with one attached hydrogen (secondary N) is 1. The van der Waals surface area contributed by atoms with Gasteiger partial charge in [-0.05, 0) is 48.6 Å². The largest absolute Gasteiger partial charge is 0.467 e. The summed E-state index contributed by atoms with van der Waals surface area (Å²) in [5, 5.41) is 6.13. The Morgan fingerprint density at radius 2 is 2.36 bits per heavy atom. The van der Waals surface area contributed by atoms with E-state index in [0.717, 1.165) is 43.4 Å². The molecule has 0 amide bonds. The van der Waals surface area contributed by atoms with Crippen LogP contribution < -0.4 is 5.32 Å². The van der Waals surface area contributed by atoms with Crippen LogP contribution in [0.15, 0.2) is 40.3 Å². The molecule has 3 rings (SSSR count). The van der Waals surface area contributed by atoms with Gasteiger partial charge in [0.15, 0.2) is 5.11 Å². The van der Waals surface area contributed by atoms with Crippen molar-refractivity contribution in [3.63, 3.8) is 0 Å². The van der Waals surface area contributed by atoms with Crippen LogP contribution in [0.3, 0.4) is 0 Å². The molecule has 0 saturated carbocycles.